The highest BCUT2D eigenvalue weighted by Crippen LogP contribution is 2.37. The molecule has 0 N–H and O–H groups in total. The number of benzene rings is 1. The van der Waals surface area contributed by atoms with Gasteiger partial charge in [0.1, 0.15) is 12.1 Å². The first-order valence-corrected chi connectivity index (χ1v) is 9.01. The number of piperidine rings is 1. The average Bonchev–Trinajstić information content (AvgIpc) is 2.69. The van der Waals surface area contributed by atoms with Gasteiger partial charge in [-0.3, -0.25) is 14.9 Å². The van der Waals surface area contributed by atoms with E-state index in [0.29, 0.717) is 36.9 Å². The van der Waals surface area contributed by atoms with Crippen molar-refractivity contribution in [2.45, 2.75) is 19.8 Å². The number of aromatic nitrogens is 2. The molecule has 2 heterocycles. The summed E-state index contributed by atoms with van der Waals surface area (Å²) in [4.78, 5) is 32.6. The van der Waals surface area contributed by atoms with Gasteiger partial charge in [-0.25, -0.2) is 4.98 Å². The number of carbonyl (C=O) groups is 1. The van der Waals surface area contributed by atoms with Crippen molar-refractivity contribution in [2.75, 3.05) is 31.7 Å². The second kappa shape index (κ2) is 8.75. The Morgan fingerprint density at radius 3 is 2.50 bits per heavy atom. The minimum Gasteiger partial charge on any atom is -0.434 e. The lowest BCUT2D eigenvalue weighted by Gasteiger charge is -2.32. The van der Waals surface area contributed by atoms with Gasteiger partial charge in [0.15, 0.2) is 5.78 Å². The van der Waals surface area contributed by atoms with Gasteiger partial charge in [0, 0.05) is 32.4 Å². The van der Waals surface area contributed by atoms with E-state index in [9.17, 15) is 14.9 Å². The average molecular weight is 386 g/mol. The Morgan fingerprint density at radius 1 is 1.25 bits per heavy atom. The van der Waals surface area contributed by atoms with E-state index in [1.807, 2.05) is 4.90 Å². The minimum atomic E-state index is -0.518. The number of carbonyl (C=O) groups excluding carboxylic acids is 1. The summed E-state index contributed by atoms with van der Waals surface area (Å²) in [5.41, 5.74) is 0.271. The van der Waals surface area contributed by atoms with Crippen molar-refractivity contribution in [2.24, 2.45) is 5.92 Å². The molecule has 1 fully saturated rings. The zero-order valence-corrected chi connectivity index (χ0v) is 15.8. The topological polar surface area (TPSA) is 108 Å². The van der Waals surface area contributed by atoms with Crippen LogP contribution in [0.4, 0.5) is 11.5 Å². The summed E-state index contributed by atoms with van der Waals surface area (Å²) in [6.07, 6.45) is 3.01. The first kappa shape index (κ1) is 19.7. The first-order valence-electron chi connectivity index (χ1n) is 9.01. The largest absolute Gasteiger partial charge is 0.434 e. The number of Topliss-reactive ketones (excluding diaryl/α,β-unsaturated/α-hetero) is 1. The fraction of sp³-hybridized carbons (Fsp3) is 0.421. The molecule has 0 amide bonds. The van der Waals surface area contributed by atoms with E-state index in [2.05, 4.69) is 9.97 Å². The summed E-state index contributed by atoms with van der Waals surface area (Å²) in [7, 11) is 1.67. The summed E-state index contributed by atoms with van der Waals surface area (Å²) < 4.78 is 10.8. The fourth-order valence-corrected chi connectivity index (χ4v) is 3.24. The molecular weight excluding hydrogens is 364 g/mol. The molecule has 0 spiro atoms. The maximum absolute atomic E-state index is 11.7. The van der Waals surface area contributed by atoms with Crippen molar-refractivity contribution >= 4 is 17.3 Å². The molecule has 9 nitrogen and oxygen atoms in total. The predicted molar refractivity (Wildman–Crippen MR) is 102 cm³/mol. The van der Waals surface area contributed by atoms with Gasteiger partial charge in [-0.05, 0) is 49.9 Å². The number of ether oxygens (including phenoxy) is 2. The van der Waals surface area contributed by atoms with Gasteiger partial charge >= 0.3 is 11.6 Å². The van der Waals surface area contributed by atoms with Gasteiger partial charge in [0.2, 0.25) is 5.82 Å². The van der Waals surface area contributed by atoms with Crippen LogP contribution in [-0.4, -0.2) is 47.5 Å². The molecule has 0 unspecified atom stereocenters. The van der Waals surface area contributed by atoms with Crippen molar-refractivity contribution < 1.29 is 19.2 Å². The maximum Gasteiger partial charge on any atom is 0.373 e. The lowest BCUT2D eigenvalue weighted by atomic mass is 9.98. The Balaban J connectivity index is 1.84. The van der Waals surface area contributed by atoms with Crippen LogP contribution in [0.3, 0.4) is 0 Å². The highest BCUT2D eigenvalue weighted by atomic mass is 16.6. The number of rotatable bonds is 7. The molecule has 0 radical (unpaired) electrons. The van der Waals surface area contributed by atoms with Crippen LogP contribution in [0, 0.1) is 16.0 Å². The molecule has 2 aromatic rings. The van der Waals surface area contributed by atoms with E-state index in [1.54, 1.807) is 31.4 Å². The molecule has 0 bridgehead atoms. The van der Waals surface area contributed by atoms with Crippen LogP contribution in [0.5, 0.6) is 11.6 Å². The predicted octanol–water partition coefficient (Wildman–Crippen LogP) is 3.24. The summed E-state index contributed by atoms with van der Waals surface area (Å²) in [5, 5.41) is 11.7. The van der Waals surface area contributed by atoms with E-state index in [1.165, 1.54) is 13.3 Å². The number of hydrogen-bond acceptors (Lipinski definition) is 8. The lowest BCUT2D eigenvalue weighted by Crippen LogP contribution is -2.36. The van der Waals surface area contributed by atoms with Crippen molar-refractivity contribution in [3.05, 3.63) is 46.3 Å². The van der Waals surface area contributed by atoms with Crippen molar-refractivity contribution in [3.63, 3.8) is 0 Å². The van der Waals surface area contributed by atoms with Crippen LogP contribution in [0.15, 0.2) is 30.6 Å². The third-order valence-electron chi connectivity index (χ3n) is 4.74. The summed E-state index contributed by atoms with van der Waals surface area (Å²) >= 11 is 0. The van der Waals surface area contributed by atoms with Gasteiger partial charge < -0.3 is 14.4 Å². The lowest BCUT2D eigenvalue weighted by molar-refractivity contribution is -0.385. The fourth-order valence-electron chi connectivity index (χ4n) is 3.24. The second-order valence-electron chi connectivity index (χ2n) is 6.68. The number of nitrogens with zero attached hydrogens (tertiary/aromatic N) is 4. The van der Waals surface area contributed by atoms with Gasteiger partial charge in [0.25, 0.3) is 0 Å². The molecule has 0 atom stereocenters. The molecule has 28 heavy (non-hydrogen) atoms. The summed E-state index contributed by atoms with van der Waals surface area (Å²) in [5.74, 6) is 0.865. The molecule has 1 aromatic heterocycles. The van der Waals surface area contributed by atoms with Gasteiger partial charge in [0.05, 0.1) is 4.92 Å². The number of anilines is 1. The molecule has 3 rings (SSSR count). The van der Waals surface area contributed by atoms with Crippen LogP contribution < -0.4 is 9.64 Å². The highest BCUT2D eigenvalue weighted by molar-refractivity contribution is 5.94. The molecule has 148 valence electrons. The maximum atomic E-state index is 11.7. The Bertz CT molecular complexity index is 848. The van der Waals surface area contributed by atoms with Crippen molar-refractivity contribution in [1.29, 1.82) is 0 Å². The molecule has 0 aliphatic carbocycles. The molecular formula is C19H22N4O5. The van der Waals surface area contributed by atoms with Gasteiger partial charge in [-0.1, -0.05) is 0 Å². The Labute approximate surface area is 162 Å². The smallest absolute Gasteiger partial charge is 0.373 e. The second-order valence-corrected chi connectivity index (χ2v) is 6.68. The summed E-state index contributed by atoms with van der Waals surface area (Å²) in [6, 6.07) is 6.37. The quantitative estimate of drug-likeness (QED) is 0.405. The normalized spacial score (nSPS) is 14.7. The van der Waals surface area contributed by atoms with Gasteiger partial charge in [-0.15, -0.1) is 0 Å². The van der Waals surface area contributed by atoms with Crippen LogP contribution >= 0.6 is 0 Å². The van der Waals surface area contributed by atoms with Crippen LogP contribution in [0.25, 0.3) is 0 Å². The zero-order valence-electron chi connectivity index (χ0n) is 15.8. The van der Waals surface area contributed by atoms with E-state index in [0.717, 1.165) is 12.8 Å². The molecule has 1 aliphatic heterocycles. The first-order chi connectivity index (χ1) is 13.5. The standard InChI is InChI=1S/C19H22N4O5/c1-13(24)15-3-5-16(6-4-15)28-19-17(23(25)26)18(20-12-21-19)22-9-7-14(8-10-22)11-27-2/h3-6,12,14H,7-11H2,1-2H3. The minimum absolute atomic E-state index is 0.0706. The SMILES string of the molecule is COCC1CCN(c2ncnc(Oc3ccc(C(C)=O)cc3)c2[N+](=O)[O-])CC1. The number of ketones is 1. The Hall–Kier alpha value is -3.07. The Kier molecular flexibility index (Phi) is 6.15. The molecule has 0 saturated carbocycles. The molecule has 9 heteroatoms. The Morgan fingerprint density at radius 2 is 1.93 bits per heavy atom. The van der Waals surface area contributed by atoms with E-state index in [-0.39, 0.29) is 23.2 Å². The number of nitro groups is 1. The molecule has 1 aromatic carbocycles. The number of methoxy groups -OCH3 is 1. The molecule has 1 saturated heterocycles. The molecule has 1 aliphatic rings. The third-order valence-corrected chi connectivity index (χ3v) is 4.74. The van der Waals surface area contributed by atoms with E-state index >= 15 is 0 Å². The van der Waals surface area contributed by atoms with Crippen LogP contribution in [-0.2, 0) is 4.74 Å². The third kappa shape index (κ3) is 4.42. The van der Waals surface area contributed by atoms with E-state index < -0.39 is 4.92 Å². The van der Waals surface area contributed by atoms with Crippen molar-refractivity contribution in [1.82, 2.24) is 9.97 Å². The van der Waals surface area contributed by atoms with Gasteiger partial charge in [-0.2, -0.15) is 4.98 Å². The number of hydrogen-bond donors (Lipinski definition) is 0. The summed E-state index contributed by atoms with van der Waals surface area (Å²) in [6.45, 7) is 3.45. The van der Waals surface area contributed by atoms with Crippen molar-refractivity contribution in [3.8, 4) is 11.6 Å². The van der Waals surface area contributed by atoms with Crippen LogP contribution in [0.2, 0.25) is 0 Å². The highest BCUT2D eigenvalue weighted by Gasteiger charge is 2.31. The van der Waals surface area contributed by atoms with Crippen LogP contribution in [0.1, 0.15) is 30.1 Å². The monoisotopic (exact) mass is 386 g/mol. The zero-order chi connectivity index (χ0) is 20.1. The van der Waals surface area contributed by atoms with E-state index in [4.69, 9.17) is 9.47 Å².